The maximum Gasteiger partial charge on any atom is 0.358 e. The quantitative estimate of drug-likeness (QED) is 0.502. The van der Waals surface area contributed by atoms with Crippen molar-refractivity contribution in [1.29, 1.82) is 0 Å². The molecule has 0 aliphatic rings. The molecule has 0 fully saturated rings. The average molecular weight is 389 g/mol. The highest BCUT2D eigenvalue weighted by Crippen LogP contribution is 2.16. The Morgan fingerprint density at radius 1 is 1.19 bits per heavy atom. The van der Waals surface area contributed by atoms with Gasteiger partial charge in [0.1, 0.15) is 0 Å². The van der Waals surface area contributed by atoms with Gasteiger partial charge in [-0.25, -0.2) is 14.6 Å². The van der Waals surface area contributed by atoms with Crippen molar-refractivity contribution >= 4 is 40.0 Å². The number of carbonyl (C=O) groups excluding carboxylic acids is 3. The van der Waals surface area contributed by atoms with Crippen LogP contribution in [-0.4, -0.2) is 42.6 Å². The van der Waals surface area contributed by atoms with E-state index in [0.29, 0.717) is 22.9 Å². The summed E-state index contributed by atoms with van der Waals surface area (Å²) in [5.41, 5.74) is 0.970. The molecule has 0 aliphatic heterocycles. The van der Waals surface area contributed by atoms with Crippen LogP contribution in [0.4, 0.5) is 10.8 Å². The minimum absolute atomic E-state index is 0.123. The molecule has 0 radical (unpaired) electrons. The van der Waals surface area contributed by atoms with Gasteiger partial charge in [-0.15, -0.1) is 17.9 Å². The lowest BCUT2D eigenvalue weighted by atomic mass is 10.2. The van der Waals surface area contributed by atoms with Crippen LogP contribution in [0.2, 0.25) is 0 Å². The first-order chi connectivity index (χ1) is 13.0. The van der Waals surface area contributed by atoms with E-state index in [1.54, 1.807) is 30.5 Å². The van der Waals surface area contributed by atoms with Gasteiger partial charge < -0.3 is 20.1 Å². The molecule has 1 aromatic carbocycles. The third kappa shape index (κ3) is 6.23. The SMILES string of the molecule is C=CCNc1nc(C(=O)OCC(=O)Nc2ccc(C(=O)OCC)cc2)cs1. The van der Waals surface area contributed by atoms with Crippen molar-refractivity contribution < 1.29 is 23.9 Å². The molecule has 0 atom stereocenters. The lowest BCUT2D eigenvalue weighted by Crippen LogP contribution is -2.21. The highest BCUT2D eigenvalue weighted by atomic mass is 32.1. The van der Waals surface area contributed by atoms with Gasteiger partial charge in [-0.3, -0.25) is 4.79 Å². The largest absolute Gasteiger partial charge is 0.462 e. The predicted octanol–water partition coefficient (Wildman–Crippen LogP) is 2.71. The number of esters is 2. The van der Waals surface area contributed by atoms with Gasteiger partial charge in [0.15, 0.2) is 17.4 Å². The fraction of sp³-hybridized carbons (Fsp3) is 0.222. The fourth-order valence-electron chi connectivity index (χ4n) is 1.91. The molecule has 2 N–H and O–H groups in total. The first-order valence-corrected chi connectivity index (χ1v) is 8.96. The summed E-state index contributed by atoms with van der Waals surface area (Å²) in [6.07, 6.45) is 1.67. The molecule has 142 valence electrons. The fourth-order valence-corrected chi connectivity index (χ4v) is 2.60. The summed E-state index contributed by atoms with van der Waals surface area (Å²) in [6, 6.07) is 6.19. The normalized spacial score (nSPS) is 9.96. The van der Waals surface area contributed by atoms with Gasteiger partial charge in [-0.05, 0) is 31.2 Å². The van der Waals surface area contributed by atoms with E-state index in [4.69, 9.17) is 9.47 Å². The second kappa shape index (κ2) is 10.1. The number of hydrogen-bond donors (Lipinski definition) is 2. The lowest BCUT2D eigenvalue weighted by Gasteiger charge is -2.07. The molecule has 1 amide bonds. The third-order valence-corrected chi connectivity index (χ3v) is 3.93. The van der Waals surface area contributed by atoms with Gasteiger partial charge in [0.25, 0.3) is 5.91 Å². The van der Waals surface area contributed by atoms with E-state index in [1.807, 2.05) is 0 Å². The Labute approximate surface area is 160 Å². The maximum absolute atomic E-state index is 11.9. The Bertz CT molecular complexity index is 817. The standard InChI is InChI=1S/C18H19N3O5S/c1-3-9-19-18-21-14(11-27-18)17(24)26-10-15(22)20-13-7-5-12(6-8-13)16(23)25-4-2/h3,5-8,11H,1,4,9-10H2,2H3,(H,19,21)(H,20,22). The number of anilines is 2. The van der Waals surface area contributed by atoms with Crippen molar-refractivity contribution in [2.75, 3.05) is 30.4 Å². The average Bonchev–Trinajstić information content (AvgIpc) is 3.14. The Morgan fingerprint density at radius 2 is 1.93 bits per heavy atom. The number of rotatable bonds is 9. The van der Waals surface area contributed by atoms with Crippen molar-refractivity contribution in [2.45, 2.75) is 6.92 Å². The molecule has 9 heteroatoms. The molecule has 0 saturated carbocycles. The Kier molecular flexibility index (Phi) is 7.50. The summed E-state index contributed by atoms with van der Waals surface area (Å²) >= 11 is 1.25. The summed E-state index contributed by atoms with van der Waals surface area (Å²) in [5.74, 6) is -1.63. The van der Waals surface area contributed by atoms with Gasteiger partial charge in [0.2, 0.25) is 0 Å². The smallest absolute Gasteiger partial charge is 0.358 e. The second-order valence-electron chi connectivity index (χ2n) is 5.13. The van der Waals surface area contributed by atoms with Crippen molar-refractivity contribution in [3.63, 3.8) is 0 Å². The van der Waals surface area contributed by atoms with Gasteiger partial charge in [-0.2, -0.15) is 0 Å². The molecule has 0 saturated heterocycles. The molecule has 8 nitrogen and oxygen atoms in total. The van der Waals surface area contributed by atoms with E-state index < -0.39 is 24.5 Å². The number of benzene rings is 1. The number of nitrogens with one attached hydrogen (secondary N) is 2. The summed E-state index contributed by atoms with van der Waals surface area (Å²) in [4.78, 5) is 39.4. The van der Waals surface area contributed by atoms with Crippen LogP contribution in [0.5, 0.6) is 0 Å². The van der Waals surface area contributed by atoms with Crippen LogP contribution in [0.3, 0.4) is 0 Å². The maximum atomic E-state index is 11.9. The number of nitrogens with zero attached hydrogens (tertiary/aromatic N) is 1. The van der Waals surface area contributed by atoms with Gasteiger partial charge in [-0.1, -0.05) is 6.08 Å². The monoisotopic (exact) mass is 389 g/mol. The van der Waals surface area contributed by atoms with Gasteiger partial charge >= 0.3 is 11.9 Å². The van der Waals surface area contributed by atoms with Crippen LogP contribution in [0, 0.1) is 0 Å². The molecule has 0 spiro atoms. The van der Waals surface area contributed by atoms with E-state index in [0.717, 1.165) is 0 Å². The molecule has 2 rings (SSSR count). The number of aromatic nitrogens is 1. The summed E-state index contributed by atoms with van der Waals surface area (Å²) in [6.45, 7) is 5.66. The molecule has 1 heterocycles. The van der Waals surface area contributed by atoms with E-state index in [1.165, 1.54) is 23.5 Å². The van der Waals surface area contributed by atoms with Gasteiger partial charge in [0, 0.05) is 17.6 Å². The van der Waals surface area contributed by atoms with Crippen molar-refractivity contribution in [2.24, 2.45) is 0 Å². The molecule has 0 aliphatic carbocycles. The van der Waals surface area contributed by atoms with E-state index in [2.05, 4.69) is 22.2 Å². The van der Waals surface area contributed by atoms with Crippen LogP contribution < -0.4 is 10.6 Å². The predicted molar refractivity (Wildman–Crippen MR) is 102 cm³/mol. The molecular weight excluding hydrogens is 370 g/mol. The molecule has 0 unspecified atom stereocenters. The van der Waals surface area contributed by atoms with Crippen molar-refractivity contribution in [3.05, 3.63) is 53.6 Å². The van der Waals surface area contributed by atoms with Crippen LogP contribution in [-0.2, 0) is 14.3 Å². The molecule has 0 bridgehead atoms. The Morgan fingerprint density at radius 3 is 2.59 bits per heavy atom. The molecule has 27 heavy (non-hydrogen) atoms. The topological polar surface area (TPSA) is 107 Å². The number of carbonyl (C=O) groups is 3. The highest BCUT2D eigenvalue weighted by Gasteiger charge is 2.14. The van der Waals surface area contributed by atoms with Crippen molar-refractivity contribution in [3.8, 4) is 0 Å². The third-order valence-electron chi connectivity index (χ3n) is 3.13. The zero-order valence-corrected chi connectivity index (χ0v) is 15.5. The molecular formula is C18H19N3O5S. The second-order valence-corrected chi connectivity index (χ2v) is 5.99. The lowest BCUT2D eigenvalue weighted by molar-refractivity contribution is -0.119. The van der Waals surface area contributed by atoms with Crippen LogP contribution in [0.25, 0.3) is 0 Å². The van der Waals surface area contributed by atoms with Crippen LogP contribution in [0.15, 0.2) is 42.3 Å². The van der Waals surface area contributed by atoms with Gasteiger partial charge in [0.05, 0.1) is 12.2 Å². The van der Waals surface area contributed by atoms with Crippen LogP contribution >= 0.6 is 11.3 Å². The highest BCUT2D eigenvalue weighted by molar-refractivity contribution is 7.13. The molecule has 1 aromatic heterocycles. The first kappa shape index (κ1) is 20.1. The van der Waals surface area contributed by atoms with E-state index in [-0.39, 0.29) is 12.3 Å². The summed E-state index contributed by atoms with van der Waals surface area (Å²) in [5, 5.41) is 7.63. The first-order valence-electron chi connectivity index (χ1n) is 8.08. The number of hydrogen-bond acceptors (Lipinski definition) is 8. The van der Waals surface area contributed by atoms with Crippen molar-refractivity contribution in [1.82, 2.24) is 4.98 Å². The summed E-state index contributed by atoms with van der Waals surface area (Å²) < 4.78 is 9.83. The number of amides is 1. The zero-order valence-electron chi connectivity index (χ0n) is 14.7. The minimum atomic E-state index is -0.689. The Balaban J connectivity index is 1.81. The van der Waals surface area contributed by atoms with E-state index >= 15 is 0 Å². The number of thiazole rings is 1. The van der Waals surface area contributed by atoms with Crippen LogP contribution in [0.1, 0.15) is 27.8 Å². The molecule has 2 aromatic rings. The Hall–Kier alpha value is -3.20. The summed E-state index contributed by atoms with van der Waals surface area (Å²) in [7, 11) is 0. The number of ether oxygens (including phenoxy) is 2. The zero-order chi connectivity index (χ0) is 19.6. The minimum Gasteiger partial charge on any atom is -0.462 e. The van der Waals surface area contributed by atoms with E-state index in [9.17, 15) is 14.4 Å².